The number of benzene rings is 1. The maximum atomic E-state index is 15.2. The molecule has 2 aliphatic heterocycles. The number of fused-ring (bicyclic) bond motifs is 3. The molecule has 8 nitrogen and oxygen atoms in total. The second-order valence-electron chi connectivity index (χ2n) is 8.53. The van der Waals surface area contributed by atoms with Crippen LogP contribution in [0.4, 0.5) is 19.1 Å². The van der Waals surface area contributed by atoms with Gasteiger partial charge in [-0.3, -0.25) is 4.40 Å². The molecule has 0 N–H and O–H groups in total. The molecule has 4 aromatic rings. The van der Waals surface area contributed by atoms with Crippen molar-refractivity contribution in [3.63, 3.8) is 0 Å². The monoisotopic (exact) mass is 497 g/mol. The molecule has 1 atom stereocenters. The number of rotatable bonds is 5. The van der Waals surface area contributed by atoms with E-state index in [-0.39, 0.29) is 5.75 Å². The van der Waals surface area contributed by atoms with Crippen LogP contribution in [-0.4, -0.2) is 58.9 Å². The number of ether oxygens (including phenoxy) is 3. The molecule has 36 heavy (non-hydrogen) atoms. The average Bonchev–Trinajstić information content (AvgIpc) is 3.26. The van der Waals surface area contributed by atoms with E-state index < -0.39 is 18.5 Å². The summed E-state index contributed by atoms with van der Waals surface area (Å²) >= 11 is 0. The summed E-state index contributed by atoms with van der Waals surface area (Å²) in [6.45, 7) is 0.186. The molecule has 0 aliphatic carbocycles. The first-order valence-corrected chi connectivity index (χ1v) is 11.6. The van der Waals surface area contributed by atoms with Crippen molar-refractivity contribution < 1.29 is 27.4 Å². The second kappa shape index (κ2) is 9.40. The highest BCUT2D eigenvalue weighted by Crippen LogP contribution is 2.36. The van der Waals surface area contributed by atoms with E-state index in [0.29, 0.717) is 62.1 Å². The van der Waals surface area contributed by atoms with Crippen LogP contribution in [0.25, 0.3) is 16.8 Å². The highest BCUT2D eigenvalue weighted by Gasteiger charge is 2.29. The fourth-order valence-corrected chi connectivity index (χ4v) is 4.62. The molecule has 1 unspecified atom stereocenters. The van der Waals surface area contributed by atoms with E-state index in [1.807, 2.05) is 9.30 Å². The Hall–Kier alpha value is -3.70. The molecular weight excluding hydrogens is 475 g/mol. The van der Waals surface area contributed by atoms with Gasteiger partial charge < -0.3 is 19.1 Å². The number of imidazole rings is 1. The number of morpholine rings is 1. The van der Waals surface area contributed by atoms with Gasteiger partial charge in [0, 0.05) is 55.3 Å². The molecule has 11 heteroatoms. The third-order valence-corrected chi connectivity index (χ3v) is 6.35. The van der Waals surface area contributed by atoms with Crippen LogP contribution in [0.15, 0.2) is 48.9 Å². The van der Waals surface area contributed by atoms with Crippen molar-refractivity contribution in [2.24, 2.45) is 0 Å². The summed E-state index contributed by atoms with van der Waals surface area (Å²) in [5, 5.41) is 0. The van der Waals surface area contributed by atoms with Crippen LogP contribution >= 0.6 is 0 Å². The lowest BCUT2D eigenvalue weighted by atomic mass is 10.0. The fraction of sp³-hybridized carbons (Fsp3) is 0.320. The number of alkyl halides is 2. The molecule has 1 fully saturated rings. The predicted molar refractivity (Wildman–Crippen MR) is 124 cm³/mol. The van der Waals surface area contributed by atoms with Crippen molar-refractivity contribution in [3.05, 3.63) is 71.7 Å². The second-order valence-corrected chi connectivity index (χ2v) is 8.53. The van der Waals surface area contributed by atoms with Crippen LogP contribution in [0.2, 0.25) is 0 Å². The Morgan fingerprint density at radius 3 is 2.50 bits per heavy atom. The molecule has 3 aromatic heterocycles. The summed E-state index contributed by atoms with van der Waals surface area (Å²) in [6.07, 6.45) is 4.98. The Kier molecular flexibility index (Phi) is 5.94. The third-order valence-electron chi connectivity index (χ3n) is 6.35. The van der Waals surface area contributed by atoms with Crippen molar-refractivity contribution in [2.45, 2.75) is 19.1 Å². The molecule has 2 aliphatic rings. The van der Waals surface area contributed by atoms with Gasteiger partial charge >= 0.3 is 6.61 Å². The number of aromatic nitrogens is 4. The van der Waals surface area contributed by atoms with Gasteiger partial charge in [-0.05, 0) is 17.7 Å². The molecule has 5 heterocycles. The SMILES string of the molecule is Fc1cc2nc3c(n2cc1-c1cnc(N2CCOCC2)nc1)C(c1ccc(OC(F)F)cc1)OCC3. The normalized spacial score (nSPS) is 18.0. The number of hydrogen-bond donors (Lipinski definition) is 0. The first kappa shape index (κ1) is 22.7. The van der Waals surface area contributed by atoms with Crippen LogP contribution < -0.4 is 9.64 Å². The number of pyridine rings is 1. The topological polar surface area (TPSA) is 74.0 Å². The highest BCUT2D eigenvalue weighted by molar-refractivity contribution is 5.65. The Balaban J connectivity index is 1.36. The van der Waals surface area contributed by atoms with Crippen LogP contribution in [0.1, 0.15) is 23.1 Å². The van der Waals surface area contributed by atoms with Crippen LogP contribution in [0.5, 0.6) is 5.75 Å². The highest BCUT2D eigenvalue weighted by atomic mass is 19.3. The van der Waals surface area contributed by atoms with E-state index in [1.165, 1.54) is 18.2 Å². The molecule has 1 saturated heterocycles. The molecule has 0 saturated carbocycles. The maximum Gasteiger partial charge on any atom is 0.387 e. The molecule has 0 bridgehead atoms. The minimum atomic E-state index is -2.90. The van der Waals surface area contributed by atoms with Gasteiger partial charge in [0.2, 0.25) is 5.95 Å². The summed E-state index contributed by atoms with van der Waals surface area (Å²) in [5.74, 6) is 0.211. The first-order valence-electron chi connectivity index (χ1n) is 11.6. The Morgan fingerprint density at radius 2 is 1.78 bits per heavy atom. The minimum absolute atomic E-state index is 0.0628. The van der Waals surface area contributed by atoms with E-state index >= 15 is 4.39 Å². The largest absolute Gasteiger partial charge is 0.435 e. The quantitative estimate of drug-likeness (QED) is 0.412. The van der Waals surface area contributed by atoms with E-state index in [4.69, 9.17) is 9.47 Å². The summed E-state index contributed by atoms with van der Waals surface area (Å²) in [7, 11) is 0. The van der Waals surface area contributed by atoms with Crippen molar-refractivity contribution in [1.82, 2.24) is 19.4 Å². The van der Waals surface area contributed by atoms with Crippen LogP contribution in [0, 0.1) is 5.82 Å². The smallest absolute Gasteiger partial charge is 0.387 e. The molecule has 186 valence electrons. The van der Waals surface area contributed by atoms with Crippen LogP contribution in [0.3, 0.4) is 0 Å². The van der Waals surface area contributed by atoms with Crippen molar-refractivity contribution in [3.8, 4) is 16.9 Å². The maximum absolute atomic E-state index is 15.2. The predicted octanol–water partition coefficient (Wildman–Crippen LogP) is 4.03. The van der Waals surface area contributed by atoms with Gasteiger partial charge in [-0.1, -0.05) is 12.1 Å². The molecule has 1 aromatic carbocycles. The molecule has 0 amide bonds. The van der Waals surface area contributed by atoms with Crippen molar-refractivity contribution >= 4 is 11.6 Å². The van der Waals surface area contributed by atoms with Gasteiger partial charge in [0.25, 0.3) is 0 Å². The minimum Gasteiger partial charge on any atom is -0.435 e. The lowest BCUT2D eigenvalue weighted by molar-refractivity contribution is -0.0498. The van der Waals surface area contributed by atoms with Gasteiger partial charge in [0.05, 0.1) is 31.2 Å². The lowest BCUT2D eigenvalue weighted by Gasteiger charge is -2.26. The zero-order chi connectivity index (χ0) is 24.6. The fourth-order valence-electron chi connectivity index (χ4n) is 4.62. The summed E-state index contributed by atoms with van der Waals surface area (Å²) < 4.78 is 57.9. The van der Waals surface area contributed by atoms with Gasteiger partial charge in [-0.15, -0.1) is 0 Å². The van der Waals surface area contributed by atoms with E-state index in [9.17, 15) is 8.78 Å². The summed E-state index contributed by atoms with van der Waals surface area (Å²) in [5.41, 5.74) is 3.65. The average molecular weight is 497 g/mol. The van der Waals surface area contributed by atoms with E-state index in [0.717, 1.165) is 17.0 Å². The number of halogens is 3. The number of nitrogens with zero attached hydrogens (tertiary/aromatic N) is 5. The number of hydrogen-bond acceptors (Lipinski definition) is 7. The van der Waals surface area contributed by atoms with Gasteiger partial charge in [-0.25, -0.2) is 19.3 Å². The lowest BCUT2D eigenvalue weighted by Crippen LogP contribution is -2.37. The molecule has 6 rings (SSSR count). The Morgan fingerprint density at radius 1 is 1.03 bits per heavy atom. The van der Waals surface area contributed by atoms with Gasteiger partial charge in [-0.2, -0.15) is 8.78 Å². The van der Waals surface area contributed by atoms with Crippen LogP contribution in [-0.2, 0) is 15.9 Å². The zero-order valence-electron chi connectivity index (χ0n) is 19.1. The van der Waals surface area contributed by atoms with Gasteiger partial charge in [0.15, 0.2) is 0 Å². The van der Waals surface area contributed by atoms with E-state index in [1.54, 1.807) is 30.7 Å². The third kappa shape index (κ3) is 4.24. The molecular formula is C25H22F3N5O3. The zero-order valence-corrected chi connectivity index (χ0v) is 19.1. The standard InChI is InChI=1S/C25H22F3N5O3/c26-19-11-21-31-20-5-8-35-23(15-1-3-17(4-2-15)36-24(27)28)22(20)33(21)14-18(19)16-12-29-25(30-13-16)32-6-9-34-10-7-32/h1-4,11-14,23-24H,5-10H2. The van der Waals surface area contributed by atoms with E-state index in [2.05, 4.69) is 19.7 Å². The summed E-state index contributed by atoms with van der Waals surface area (Å²) in [4.78, 5) is 15.5. The Labute approximate surface area is 204 Å². The van der Waals surface area contributed by atoms with Crippen molar-refractivity contribution in [1.29, 1.82) is 0 Å². The molecule has 0 spiro atoms. The van der Waals surface area contributed by atoms with Gasteiger partial charge in [0.1, 0.15) is 23.3 Å². The molecule has 0 radical (unpaired) electrons. The summed E-state index contributed by atoms with van der Waals surface area (Å²) in [6, 6.07) is 7.70. The number of anilines is 1. The van der Waals surface area contributed by atoms with Crippen molar-refractivity contribution in [2.75, 3.05) is 37.8 Å². The first-order chi connectivity index (χ1) is 17.6. The Bertz CT molecular complexity index is 1370.